The van der Waals surface area contributed by atoms with Crippen molar-refractivity contribution >= 4 is 17.6 Å². The van der Waals surface area contributed by atoms with E-state index in [1.54, 1.807) is 14.2 Å². The number of nitrogens with zero attached hydrogens (tertiary/aromatic N) is 1. The first-order valence-electron chi connectivity index (χ1n) is 6.44. The molecule has 0 unspecified atom stereocenters. The summed E-state index contributed by atoms with van der Waals surface area (Å²) in [4.78, 5) is 4.16. The Hall–Kier alpha value is -1.26. The van der Waals surface area contributed by atoms with Crippen molar-refractivity contribution in [2.24, 2.45) is 4.99 Å². The molecule has 0 saturated carbocycles. The van der Waals surface area contributed by atoms with Gasteiger partial charge in [0.2, 0.25) is 0 Å². The Morgan fingerprint density at radius 3 is 2.79 bits per heavy atom. The van der Waals surface area contributed by atoms with Gasteiger partial charge in [-0.2, -0.15) is 0 Å². The number of ether oxygens (including phenoxy) is 1. The number of benzene rings is 1. The molecule has 0 bridgehead atoms. The molecule has 0 saturated heterocycles. The number of methoxy groups -OCH3 is 1. The minimum atomic E-state index is 0.756. The smallest absolute Gasteiger partial charge is 0.190 e. The van der Waals surface area contributed by atoms with E-state index < -0.39 is 0 Å². The van der Waals surface area contributed by atoms with E-state index in [1.807, 2.05) is 18.2 Å². The molecule has 0 atom stereocenters. The third-order valence-corrected chi connectivity index (χ3v) is 2.87. The minimum Gasteiger partial charge on any atom is -0.385 e. The fourth-order valence-corrected chi connectivity index (χ4v) is 1.87. The van der Waals surface area contributed by atoms with Crippen LogP contribution in [-0.4, -0.2) is 39.8 Å². The highest BCUT2D eigenvalue weighted by atomic mass is 35.5. The van der Waals surface area contributed by atoms with Crippen LogP contribution < -0.4 is 10.6 Å². The van der Waals surface area contributed by atoms with Gasteiger partial charge in [-0.3, -0.25) is 4.99 Å². The van der Waals surface area contributed by atoms with E-state index in [9.17, 15) is 0 Å². The summed E-state index contributed by atoms with van der Waals surface area (Å²) in [5, 5.41) is 7.28. The summed E-state index contributed by atoms with van der Waals surface area (Å²) in [5.74, 6) is 0.818. The van der Waals surface area contributed by atoms with Crippen LogP contribution in [-0.2, 0) is 11.2 Å². The average Bonchev–Trinajstić information content (AvgIpc) is 2.41. The number of nitrogens with one attached hydrogen (secondary N) is 2. The number of guanidine groups is 1. The van der Waals surface area contributed by atoms with Crippen LogP contribution in [0.1, 0.15) is 12.0 Å². The second-order valence-corrected chi connectivity index (χ2v) is 4.59. The van der Waals surface area contributed by atoms with Crippen molar-refractivity contribution < 1.29 is 4.74 Å². The number of rotatable bonds is 7. The van der Waals surface area contributed by atoms with E-state index in [0.29, 0.717) is 0 Å². The van der Waals surface area contributed by atoms with Crippen LogP contribution in [0.5, 0.6) is 0 Å². The minimum absolute atomic E-state index is 0.756. The van der Waals surface area contributed by atoms with Crippen molar-refractivity contribution in [1.82, 2.24) is 10.6 Å². The van der Waals surface area contributed by atoms with Crippen LogP contribution >= 0.6 is 11.6 Å². The Labute approximate surface area is 120 Å². The molecule has 0 aliphatic heterocycles. The maximum absolute atomic E-state index is 5.94. The van der Waals surface area contributed by atoms with E-state index in [0.717, 1.165) is 43.5 Å². The van der Waals surface area contributed by atoms with Gasteiger partial charge in [0, 0.05) is 38.9 Å². The molecular formula is C14H22ClN3O. The lowest BCUT2D eigenvalue weighted by Gasteiger charge is -2.11. The van der Waals surface area contributed by atoms with E-state index >= 15 is 0 Å². The highest BCUT2D eigenvalue weighted by Crippen LogP contribution is 2.10. The second kappa shape index (κ2) is 9.64. The predicted molar refractivity (Wildman–Crippen MR) is 81.0 cm³/mol. The molecule has 106 valence electrons. The standard InChI is InChI=1S/C14H22ClN3O/c1-16-14(17-8-4-10-19-2)18-9-7-12-5-3-6-13(15)11-12/h3,5-6,11H,4,7-10H2,1-2H3,(H2,16,17,18). The van der Waals surface area contributed by atoms with Gasteiger partial charge in [-0.25, -0.2) is 0 Å². The monoisotopic (exact) mass is 283 g/mol. The zero-order valence-corrected chi connectivity index (χ0v) is 12.3. The summed E-state index contributed by atoms with van der Waals surface area (Å²) in [7, 11) is 3.48. The first kappa shape index (κ1) is 15.8. The lowest BCUT2D eigenvalue weighted by molar-refractivity contribution is 0.195. The molecule has 4 nitrogen and oxygen atoms in total. The topological polar surface area (TPSA) is 45.7 Å². The normalized spacial score (nSPS) is 11.4. The molecule has 0 fully saturated rings. The van der Waals surface area contributed by atoms with Crippen molar-refractivity contribution in [1.29, 1.82) is 0 Å². The van der Waals surface area contributed by atoms with Gasteiger partial charge < -0.3 is 15.4 Å². The zero-order chi connectivity index (χ0) is 13.9. The van der Waals surface area contributed by atoms with Gasteiger partial charge in [0.1, 0.15) is 0 Å². The van der Waals surface area contributed by atoms with Crippen LogP contribution in [0.3, 0.4) is 0 Å². The third kappa shape index (κ3) is 7.03. The number of hydrogen-bond acceptors (Lipinski definition) is 2. The molecule has 0 aliphatic rings. The average molecular weight is 284 g/mol. The van der Waals surface area contributed by atoms with E-state index in [4.69, 9.17) is 16.3 Å². The van der Waals surface area contributed by atoms with Gasteiger partial charge >= 0.3 is 0 Å². The van der Waals surface area contributed by atoms with E-state index in [-0.39, 0.29) is 0 Å². The molecule has 0 spiro atoms. The number of hydrogen-bond donors (Lipinski definition) is 2. The van der Waals surface area contributed by atoms with Gasteiger partial charge in [0.15, 0.2) is 5.96 Å². The summed E-state index contributed by atoms with van der Waals surface area (Å²) >= 11 is 5.94. The molecule has 0 radical (unpaired) electrons. The Kier molecular flexibility index (Phi) is 8.02. The summed E-state index contributed by atoms with van der Waals surface area (Å²) in [6.45, 7) is 2.43. The summed E-state index contributed by atoms with van der Waals surface area (Å²) in [6, 6.07) is 7.91. The molecule has 0 amide bonds. The summed E-state index contributed by atoms with van der Waals surface area (Å²) in [5.41, 5.74) is 1.22. The zero-order valence-electron chi connectivity index (χ0n) is 11.6. The van der Waals surface area contributed by atoms with Crippen LogP contribution in [0.2, 0.25) is 5.02 Å². The lowest BCUT2D eigenvalue weighted by Crippen LogP contribution is -2.38. The quantitative estimate of drug-likeness (QED) is 0.458. The summed E-state index contributed by atoms with van der Waals surface area (Å²) in [6.07, 6.45) is 1.88. The van der Waals surface area contributed by atoms with Gasteiger partial charge in [0.25, 0.3) is 0 Å². The maximum atomic E-state index is 5.94. The second-order valence-electron chi connectivity index (χ2n) is 4.15. The van der Waals surface area contributed by atoms with Gasteiger partial charge in [-0.15, -0.1) is 0 Å². The van der Waals surface area contributed by atoms with Crippen molar-refractivity contribution in [3.63, 3.8) is 0 Å². The SMILES string of the molecule is CN=C(NCCCOC)NCCc1cccc(Cl)c1. The van der Waals surface area contributed by atoms with Crippen molar-refractivity contribution in [2.45, 2.75) is 12.8 Å². The molecular weight excluding hydrogens is 262 g/mol. The molecule has 1 aromatic carbocycles. The Balaban J connectivity index is 2.22. The fourth-order valence-electron chi connectivity index (χ4n) is 1.66. The van der Waals surface area contributed by atoms with Crippen molar-refractivity contribution in [2.75, 3.05) is 33.9 Å². The molecule has 1 rings (SSSR count). The third-order valence-electron chi connectivity index (χ3n) is 2.64. The molecule has 0 aromatic heterocycles. The largest absolute Gasteiger partial charge is 0.385 e. The van der Waals surface area contributed by atoms with E-state index in [2.05, 4.69) is 21.7 Å². The van der Waals surface area contributed by atoms with Crippen LogP contribution in [0.25, 0.3) is 0 Å². The predicted octanol–water partition coefficient (Wildman–Crippen LogP) is 2.08. The van der Waals surface area contributed by atoms with Crippen molar-refractivity contribution in [3.8, 4) is 0 Å². The van der Waals surface area contributed by atoms with Crippen LogP contribution in [0, 0.1) is 0 Å². The fraction of sp³-hybridized carbons (Fsp3) is 0.500. The molecule has 0 aliphatic carbocycles. The lowest BCUT2D eigenvalue weighted by atomic mass is 10.1. The number of halogens is 1. The summed E-state index contributed by atoms with van der Waals surface area (Å²) < 4.78 is 4.99. The van der Waals surface area contributed by atoms with Crippen molar-refractivity contribution in [3.05, 3.63) is 34.9 Å². The highest BCUT2D eigenvalue weighted by Gasteiger charge is 1.98. The first-order chi connectivity index (χ1) is 9.26. The molecule has 0 heterocycles. The van der Waals surface area contributed by atoms with E-state index in [1.165, 1.54) is 5.56 Å². The molecule has 2 N–H and O–H groups in total. The first-order valence-corrected chi connectivity index (χ1v) is 6.82. The van der Waals surface area contributed by atoms with Gasteiger partial charge in [-0.1, -0.05) is 23.7 Å². The van der Waals surface area contributed by atoms with Crippen LogP contribution in [0.15, 0.2) is 29.3 Å². The molecule has 5 heteroatoms. The van der Waals surface area contributed by atoms with Gasteiger partial charge in [0.05, 0.1) is 0 Å². The van der Waals surface area contributed by atoms with Gasteiger partial charge in [-0.05, 0) is 30.5 Å². The Bertz CT molecular complexity index is 396. The highest BCUT2D eigenvalue weighted by molar-refractivity contribution is 6.30. The maximum Gasteiger partial charge on any atom is 0.190 e. The number of aliphatic imine (C=N–C) groups is 1. The molecule has 1 aromatic rings. The Morgan fingerprint density at radius 1 is 1.32 bits per heavy atom. The molecule has 19 heavy (non-hydrogen) atoms. The van der Waals surface area contributed by atoms with Crippen LogP contribution in [0.4, 0.5) is 0 Å². The Morgan fingerprint density at radius 2 is 2.11 bits per heavy atom.